The predicted octanol–water partition coefficient (Wildman–Crippen LogP) is 4.15. The van der Waals surface area contributed by atoms with Crippen molar-refractivity contribution in [1.29, 1.82) is 0 Å². The van der Waals surface area contributed by atoms with E-state index in [2.05, 4.69) is 5.32 Å². The van der Waals surface area contributed by atoms with Crippen molar-refractivity contribution in [3.63, 3.8) is 0 Å². The van der Waals surface area contributed by atoms with Gasteiger partial charge in [-0.15, -0.1) is 0 Å². The van der Waals surface area contributed by atoms with Crippen LogP contribution < -0.4 is 14.8 Å². The lowest BCUT2D eigenvalue weighted by atomic mass is 10.2. The average Bonchev–Trinajstić information content (AvgIpc) is 2.86. The van der Waals surface area contributed by atoms with Gasteiger partial charge in [-0.2, -0.15) is 4.31 Å². The van der Waals surface area contributed by atoms with E-state index in [1.54, 1.807) is 30.3 Å². The zero-order chi connectivity index (χ0) is 24.0. The molecule has 1 aliphatic heterocycles. The first-order valence-corrected chi connectivity index (χ1v) is 12.4. The number of para-hydroxylation sites is 1. The van der Waals surface area contributed by atoms with Gasteiger partial charge >= 0.3 is 0 Å². The topological polar surface area (TPSA) is 94.2 Å². The molecule has 1 aliphatic rings. The number of nitrogens with zero attached hydrogens (tertiary/aromatic N) is 1. The quantitative estimate of drug-likeness (QED) is 0.518. The van der Waals surface area contributed by atoms with Gasteiger partial charge in [0, 0.05) is 18.7 Å². The molecule has 178 valence electrons. The number of sulfonamides is 1. The first-order chi connectivity index (χ1) is 16.5. The number of morpholine rings is 1. The zero-order valence-electron chi connectivity index (χ0n) is 18.8. The Balaban J connectivity index is 1.53. The van der Waals surface area contributed by atoms with Crippen molar-refractivity contribution in [2.75, 3.05) is 38.2 Å². The molecule has 0 atom stereocenters. The van der Waals surface area contributed by atoms with Gasteiger partial charge in [0.15, 0.2) is 0 Å². The van der Waals surface area contributed by atoms with Crippen LogP contribution in [-0.4, -0.2) is 51.5 Å². The maximum atomic E-state index is 13.1. The fourth-order valence-corrected chi connectivity index (χ4v) is 4.91. The Bertz CT molecular complexity index is 1220. The summed E-state index contributed by atoms with van der Waals surface area (Å²) in [4.78, 5) is 13.0. The van der Waals surface area contributed by atoms with Gasteiger partial charge in [-0.05, 0) is 61.5 Å². The van der Waals surface area contributed by atoms with Gasteiger partial charge < -0.3 is 19.5 Å². The molecule has 0 spiro atoms. The molecule has 8 nitrogen and oxygen atoms in total. The Morgan fingerprint density at radius 2 is 1.65 bits per heavy atom. The first kappa shape index (κ1) is 23.7. The van der Waals surface area contributed by atoms with E-state index in [0.717, 1.165) is 0 Å². The van der Waals surface area contributed by atoms with Crippen molar-refractivity contribution in [3.8, 4) is 17.2 Å². The molecule has 1 amide bonds. The van der Waals surface area contributed by atoms with Crippen molar-refractivity contribution in [3.05, 3.63) is 78.4 Å². The van der Waals surface area contributed by atoms with Crippen LogP contribution in [0.1, 0.15) is 17.3 Å². The third-order valence-electron chi connectivity index (χ3n) is 5.20. The molecule has 1 N–H and O–H groups in total. The highest BCUT2D eigenvalue weighted by molar-refractivity contribution is 7.89. The minimum atomic E-state index is -3.72. The number of nitrogens with one attached hydrogen (secondary N) is 1. The second-order valence-electron chi connectivity index (χ2n) is 7.50. The molecule has 3 aromatic carbocycles. The molecule has 0 aliphatic carbocycles. The standard InChI is InChI=1S/C25H26N2O6S/c1-2-32-24-13-12-22(34(29,30)27-14-16-31-17-15-27)18-23(24)26-25(28)19-8-10-21(11-9-19)33-20-6-4-3-5-7-20/h3-13,18H,2,14-17H2,1H3,(H,26,28). The maximum absolute atomic E-state index is 13.1. The second-order valence-corrected chi connectivity index (χ2v) is 9.44. The molecule has 1 fully saturated rings. The van der Waals surface area contributed by atoms with Crippen LogP contribution in [0.5, 0.6) is 17.2 Å². The summed E-state index contributed by atoms with van der Waals surface area (Å²) in [6.45, 7) is 3.45. The SMILES string of the molecule is CCOc1ccc(S(=O)(=O)N2CCOCC2)cc1NC(=O)c1ccc(Oc2ccccc2)cc1. The normalized spacial score (nSPS) is 14.4. The minimum absolute atomic E-state index is 0.0831. The number of hydrogen-bond acceptors (Lipinski definition) is 6. The van der Waals surface area contributed by atoms with Crippen LogP contribution in [-0.2, 0) is 14.8 Å². The van der Waals surface area contributed by atoms with Crippen molar-refractivity contribution < 1.29 is 27.4 Å². The number of carbonyl (C=O) groups is 1. The van der Waals surface area contributed by atoms with E-state index < -0.39 is 15.9 Å². The highest BCUT2D eigenvalue weighted by Crippen LogP contribution is 2.30. The molecule has 3 aromatic rings. The molecular weight excluding hydrogens is 456 g/mol. The largest absolute Gasteiger partial charge is 0.492 e. The summed E-state index contributed by atoms with van der Waals surface area (Å²) in [5.74, 6) is 1.28. The molecule has 0 radical (unpaired) electrons. The summed E-state index contributed by atoms with van der Waals surface area (Å²) in [6, 6.07) is 20.5. The Kier molecular flexibility index (Phi) is 7.46. The molecule has 0 unspecified atom stereocenters. The Labute approximate surface area is 199 Å². The molecular formula is C25H26N2O6S. The van der Waals surface area contributed by atoms with E-state index in [9.17, 15) is 13.2 Å². The van der Waals surface area contributed by atoms with Crippen LogP contribution in [0, 0.1) is 0 Å². The lowest BCUT2D eigenvalue weighted by Crippen LogP contribution is -2.40. The summed E-state index contributed by atoms with van der Waals surface area (Å²) in [5, 5.41) is 2.78. The van der Waals surface area contributed by atoms with Crippen molar-refractivity contribution >= 4 is 21.6 Å². The lowest BCUT2D eigenvalue weighted by Gasteiger charge is -2.26. The smallest absolute Gasteiger partial charge is 0.255 e. The number of ether oxygens (including phenoxy) is 3. The summed E-state index contributed by atoms with van der Waals surface area (Å²) in [5.41, 5.74) is 0.676. The summed E-state index contributed by atoms with van der Waals surface area (Å²) < 4.78 is 44.1. The van der Waals surface area contributed by atoms with Crippen LogP contribution in [0.3, 0.4) is 0 Å². The van der Waals surface area contributed by atoms with Gasteiger partial charge in [-0.3, -0.25) is 4.79 Å². The third-order valence-corrected chi connectivity index (χ3v) is 7.10. The van der Waals surface area contributed by atoms with Gasteiger partial charge in [-0.25, -0.2) is 8.42 Å². The van der Waals surface area contributed by atoms with Crippen molar-refractivity contribution in [2.24, 2.45) is 0 Å². The number of carbonyl (C=O) groups excluding carboxylic acids is 1. The van der Waals surface area contributed by atoms with Gasteiger partial charge in [0.2, 0.25) is 10.0 Å². The number of amides is 1. The van der Waals surface area contributed by atoms with E-state index in [4.69, 9.17) is 14.2 Å². The summed E-state index contributed by atoms with van der Waals surface area (Å²) in [6.07, 6.45) is 0. The van der Waals surface area contributed by atoms with Gasteiger partial charge in [0.05, 0.1) is 30.4 Å². The van der Waals surface area contributed by atoms with E-state index in [1.807, 2.05) is 37.3 Å². The summed E-state index contributed by atoms with van der Waals surface area (Å²) in [7, 11) is -3.72. The Hall–Kier alpha value is -3.40. The molecule has 1 heterocycles. The van der Waals surface area contributed by atoms with Crippen molar-refractivity contribution in [2.45, 2.75) is 11.8 Å². The van der Waals surface area contributed by atoms with E-state index in [0.29, 0.717) is 42.6 Å². The molecule has 0 saturated carbocycles. The Morgan fingerprint density at radius 1 is 0.971 bits per heavy atom. The third kappa shape index (κ3) is 5.56. The van der Waals surface area contributed by atoms with Gasteiger partial charge in [0.25, 0.3) is 5.91 Å². The summed E-state index contributed by atoms with van der Waals surface area (Å²) >= 11 is 0. The van der Waals surface area contributed by atoms with E-state index in [1.165, 1.54) is 16.4 Å². The van der Waals surface area contributed by atoms with Crippen LogP contribution in [0.2, 0.25) is 0 Å². The fourth-order valence-electron chi connectivity index (χ4n) is 3.48. The van der Waals surface area contributed by atoms with E-state index in [-0.39, 0.29) is 23.7 Å². The fraction of sp³-hybridized carbons (Fsp3) is 0.240. The maximum Gasteiger partial charge on any atom is 0.255 e. The van der Waals surface area contributed by atoms with Crippen LogP contribution >= 0.6 is 0 Å². The van der Waals surface area contributed by atoms with Crippen LogP contribution in [0.25, 0.3) is 0 Å². The molecule has 9 heteroatoms. The molecule has 1 saturated heterocycles. The highest BCUT2D eigenvalue weighted by atomic mass is 32.2. The number of rotatable bonds is 8. The van der Waals surface area contributed by atoms with E-state index >= 15 is 0 Å². The van der Waals surface area contributed by atoms with Crippen molar-refractivity contribution in [1.82, 2.24) is 4.31 Å². The second kappa shape index (κ2) is 10.7. The average molecular weight is 483 g/mol. The number of benzene rings is 3. The molecule has 34 heavy (non-hydrogen) atoms. The monoisotopic (exact) mass is 482 g/mol. The predicted molar refractivity (Wildman–Crippen MR) is 128 cm³/mol. The zero-order valence-corrected chi connectivity index (χ0v) is 19.6. The number of anilines is 1. The molecule has 0 aromatic heterocycles. The lowest BCUT2D eigenvalue weighted by molar-refractivity contribution is 0.0730. The van der Waals surface area contributed by atoms with Crippen LogP contribution in [0.15, 0.2) is 77.7 Å². The number of hydrogen-bond donors (Lipinski definition) is 1. The minimum Gasteiger partial charge on any atom is -0.492 e. The molecule has 0 bridgehead atoms. The Morgan fingerprint density at radius 3 is 2.32 bits per heavy atom. The van der Waals surface area contributed by atoms with Crippen LogP contribution in [0.4, 0.5) is 5.69 Å². The van der Waals surface area contributed by atoms with Gasteiger partial charge in [0.1, 0.15) is 17.2 Å². The molecule has 4 rings (SSSR count). The highest BCUT2D eigenvalue weighted by Gasteiger charge is 2.27. The first-order valence-electron chi connectivity index (χ1n) is 11.0. The van der Waals surface area contributed by atoms with Gasteiger partial charge in [-0.1, -0.05) is 18.2 Å².